The molecular formula is C16H12F12N2O. The molecule has 15 heteroatoms. The number of carbonyl (C=O) groups is 1. The maximum absolute atomic E-state index is 13.7. The molecule has 1 amide bonds. The van der Waals surface area contributed by atoms with E-state index in [0.29, 0.717) is 6.07 Å². The summed E-state index contributed by atoms with van der Waals surface area (Å²) in [5.74, 6) is -23.6. The standard InChI is InChI=1S/C16H12F12N2O/c17-12(18,14(22,23)15(24,25)16(26,27)28)11(31)30-6-4-29(5-7-30)10-3-1-2-9(8-10)13(19,20)21/h1-3,8H,4-7H2. The quantitative estimate of drug-likeness (QED) is 0.582. The van der Waals surface area contributed by atoms with Gasteiger partial charge in [-0.15, -0.1) is 0 Å². The number of hydrogen-bond acceptors (Lipinski definition) is 2. The Kier molecular flexibility index (Phi) is 6.15. The lowest BCUT2D eigenvalue weighted by atomic mass is 10.0. The van der Waals surface area contributed by atoms with E-state index in [-0.39, 0.29) is 10.6 Å². The highest BCUT2D eigenvalue weighted by Gasteiger charge is 2.84. The zero-order chi connectivity index (χ0) is 24.0. The largest absolute Gasteiger partial charge is 0.460 e. The first-order chi connectivity index (χ1) is 13.8. The van der Waals surface area contributed by atoms with Crippen LogP contribution in [0.25, 0.3) is 0 Å². The highest BCUT2D eigenvalue weighted by atomic mass is 19.4. The molecule has 1 fully saturated rings. The van der Waals surface area contributed by atoms with Crippen molar-refractivity contribution in [1.82, 2.24) is 4.90 Å². The van der Waals surface area contributed by atoms with Crippen molar-refractivity contribution < 1.29 is 57.5 Å². The topological polar surface area (TPSA) is 23.6 Å². The van der Waals surface area contributed by atoms with E-state index in [1.165, 1.54) is 11.0 Å². The number of amides is 1. The molecule has 0 aliphatic carbocycles. The molecule has 0 aromatic heterocycles. The summed E-state index contributed by atoms with van der Waals surface area (Å²) in [4.78, 5) is 12.8. The van der Waals surface area contributed by atoms with Gasteiger partial charge in [-0.05, 0) is 18.2 Å². The van der Waals surface area contributed by atoms with Crippen LogP contribution in [-0.4, -0.2) is 60.9 Å². The van der Waals surface area contributed by atoms with E-state index in [0.717, 1.165) is 12.1 Å². The summed E-state index contributed by atoms with van der Waals surface area (Å²) >= 11 is 0. The minimum atomic E-state index is -7.20. The molecule has 1 aromatic rings. The average Bonchev–Trinajstić information content (AvgIpc) is 2.65. The Balaban J connectivity index is 2.16. The third kappa shape index (κ3) is 4.35. The summed E-state index contributed by atoms with van der Waals surface area (Å²) in [5, 5.41) is 0. The summed E-state index contributed by atoms with van der Waals surface area (Å²) in [6.45, 7) is -2.61. The smallest absolute Gasteiger partial charge is 0.368 e. The predicted molar refractivity (Wildman–Crippen MR) is 81.1 cm³/mol. The molecule has 31 heavy (non-hydrogen) atoms. The number of halogens is 12. The number of carbonyl (C=O) groups excluding carboxylic acids is 1. The summed E-state index contributed by atoms with van der Waals surface area (Å²) in [6, 6.07) is 3.68. The molecular weight excluding hydrogens is 464 g/mol. The van der Waals surface area contributed by atoms with E-state index in [2.05, 4.69) is 0 Å². The van der Waals surface area contributed by atoms with E-state index in [9.17, 15) is 57.5 Å². The van der Waals surface area contributed by atoms with Crippen LogP contribution in [0.3, 0.4) is 0 Å². The van der Waals surface area contributed by atoms with Crippen molar-refractivity contribution in [3.8, 4) is 0 Å². The van der Waals surface area contributed by atoms with Gasteiger partial charge in [-0.2, -0.15) is 52.7 Å². The van der Waals surface area contributed by atoms with Gasteiger partial charge in [-0.1, -0.05) is 6.07 Å². The van der Waals surface area contributed by atoms with Gasteiger partial charge in [0.25, 0.3) is 5.91 Å². The van der Waals surface area contributed by atoms with E-state index < -0.39 is 67.8 Å². The lowest BCUT2D eigenvalue weighted by Crippen LogP contribution is -2.66. The van der Waals surface area contributed by atoms with Gasteiger partial charge in [0.05, 0.1) is 5.56 Å². The molecule has 0 spiro atoms. The van der Waals surface area contributed by atoms with Gasteiger partial charge in [0.2, 0.25) is 0 Å². The molecule has 176 valence electrons. The maximum atomic E-state index is 13.7. The fourth-order valence-corrected chi connectivity index (χ4v) is 2.75. The Morgan fingerprint density at radius 3 is 1.71 bits per heavy atom. The summed E-state index contributed by atoms with van der Waals surface area (Å²) in [5.41, 5.74) is -1.10. The number of piperazine rings is 1. The predicted octanol–water partition coefficient (Wildman–Crippen LogP) is 4.82. The Bertz CT molecular complexity index is 810. The first-order valence-corrected chi connectivity index (χ1v) is 8.26. The number of anilines is 1. The second kappa shape index (κ2) is 7.65. The summed E-state index contributed by atoms with van der Waals surface area (Å²) in [6.07, 6.45) is -11.8. The highest BCUT2D eigenvalue weighted by molar-refractivity contribution is 5.85. The minimum Gasteiger partial charge on any atom is -0.368 e. The Morgan fingerprint density at radius 1 is 0.742 bits per heavy atom. The van der Waals surface area contributed by atoms with Gasteiger partial charge in [0, 0.05) is 31.9 Å². The summed E-state index contributed by atoms with van der Waals surface area (Å²) in [7, 11) is 0. The normalized spacial score (nSPS) is 17.2. The van der Waals surface area contributed by atoms with Crippen molar-refractivity contribution in [2.24, 2.45) is 0 Å². The van der Waals surface area contributed by atoms with Crippen LogP contribution in [0, 0.1) is 0 Å². The molecule has 0 bridgehead atoms. The van der Waals surface area contributed by atoms with Gasteiger partial charge >= 0.3 is 30.1 Å². The van der Waals surface area contributed by atoms with E-state index in [1.54, 1.807) is 0 Å². The fraction of sp³-hybridized carbons (Fsp3) is 0.562. The lowest BCUT2D eigenvalue weighted by molar-refractivity contribution is -0.389. The third-order valence-electron chi connectivity index (χ3n) is 4.52. The van der Waals surface area contributed by atoms with Crippen LogP contribution in [0.15, 0.2) is 24.3 Å². The summed E-state index contributed by atoms with van der Waals surface area (Å²) < 4.78 is 155. The number of alkyl halides is 12. The third-order valence-corrected chi connectivity index (χ3v) is 4.52. The first kappa shape index (κ1) is 24.9. The second-order valence-corrected chi connectivity index (χ2v) is 6.55. The molecule has 0 saturated carbocycles. The first-order valence-electron chi connectivity index (χ1n) is 8.26. The zero-order valence-corrected chi connectivity index (χ0v) is 15.0. The number of rotatable bonds is 4. The van der Waals surface area contributed by atoms with Gasteiger partial charge in [0.1, 0.15) is 0 Å². The molecule has 1 heterocycles. The molecule has 1 aliphatic rings. The van der Waals surface area contributed by atoms with Crippen LogP contribution < -0.4 is 4.90 Å². The van der Waals surface area contributed by atoms with Crippen LogP contribution in [0.4, 0.5) is 58.4 Å². The van der Waals surface area contributed by atoms with Crippen LogP contribution in [0.1, 0.15) is 5.56 Å². The molecule has 1 aromatic carbocycles. The van der Waals surface area contributed by atoms with Gasteiger partial charge in [0.15, 0.2) is 0 Å². The Labute approximate surface area is 166 Å². The Morgan fingerprint density at radius 2 is 1.26 bits per heavy atom. The highest BCUT2D eigenvalue weighted by Crippen LogP contribution is 2.53. The van der Waals surface area contributed by atoms with Crippen molar-refractivity contribution in [3.05, 3.63) is 29.8 Å². The van der Waals surface area contributed by atoms with Crippen molar-refractivity contribution in [1.29, 1.82) is 0 Å². The average molecular weight is 476 g/mol. The molecule has 0 unspecified atom stereocenters. The van der Waals surface area contributed by atoms with Gasteiger partial charge in [-0.25, -0.2) is 0 Å². The minimum absolute atomic E-state index is 0.0511. The Hall–Kier alpha value is -2.35. The second-order valence-electron chi connectivity index (χ2n) is 6.55. The molecule has 1 aliphatic heterocycles. The van der Waals surface area contributed by atoms with Crippen LogP contribution >= 0.6 is 0 Å². The van der Waals surface area contributed by atoms with Gasteiger partial charge in [-0.3, -0.25) is 4.79 Å². The van der Waals surface area contributed by atoms with Crippen LogP contribution in [-0.2, 0) is 11.0 Å². The number of hydrogen-bond donors (Lipinski definition) is 0. The van der Waals surface area contributed by atoms with Crippen molar-refractivity contribution in [2.45, 2.75) is 30.1 Å². The van der Waals surface area contributed by atoms with E-state index in [4.69, 9.17) is 0 Å². The number of benzene rings is 1. The van der Waals surface area contributed by atoms with E-state index >= 15 is 0 Å². The SMILES string of the molecule is O=C(N1CCN(c2cccc(C(F)(F)F)c2)CC1)C(F)(F)C(F)(F)C(F)(F)C(F)(F)F. The monoisotopic (exact) mass is 476 g/mol. The molecule has 0 radical (unpaired) electrons. The molecule has 0 N–H and O–H groups in total. The molecule has 0 atom stereocenters. The molecule has 1 saturated heterocycles. The van der Waals surface area contributed by atoms with Crippen molar-refractivity contribution in [2.75, 3.05) is 31.1 Å². The van der Waals surface area contributed by atoms with Crippen LogP contribution in [0.2, 0.25) is 0 Å². The molecule has 2 rings (SSSR count). The fourth-order valence-electron chi connectivity index (χ4n) is 2.75. The van der Waals surface area contributed by atoms with Crippen molar-refractivity contribution in [3.63, 3.8) is 0 Å². The number of nitrogens with zero attached hydrogens (tertiary/aromatic N) is 2. The van der Waals surface area contributed by atoms with Crippen LogP contribution in [0.5, 0.6) is 0 Å². The van der Waals surface area contributed by atoms with E-state index in [1.807, 2.05) is 0 Å². The maximum Gasteiger partial charge on any atom is 0.460 e. The lowest BCUT2D eigenvalue weighted by Gasteiger charge is -2.39. The van der Waals surface area contributed by atoms with Gasteiger partial charge < -0.3 is 9.80 Å². The zero-order valence-electron chi connectivity index (χ0n) is 15.0. The van der Waals surface area contributed by atoms with Crippen molar-refractivity contribution >= 4 is 11.6 Å². The molecule has 3 nitrogen and oxygen atoms in total.